The number of fused-ring (bicyclic) bond motifs is 3. The highest BCUT2D eigenvalue weighted by atomic mass is 32.1. The third-order valence-electron chi connectivity index (χ3n) is 5.15. The number of pyridine rings is 1. The summed E-state index contributed by atoms with van der Waals surface area (Å²) in [5.74, 6) is -0.671. The number of aliphatic hydroxyl groups is 1. The van der Waals surface area contributed by atoms with Gasteiger partial charge in [-0.05, 0) is 42.7 Å². The Labute approximate surface area is 181 Å². The lowest BCUT2D eigenvalue weighted by Crippen LogP contribution is -2.08. The van der Waals surface area contributed by atoms with E-state index in [0.717, 1.165) is 33.1 Å². The van der Waals surface area contributed by atoms with Gasteiger partial charge in [-0.2, -0.15) is 5.10 Å². The van der Waals surface area contributed by atoms with Crippen molar-refractivity contribution in [3.8, 4) is 27.5 Å². The molecule has 0 fully saturated rings. The smallest absolute Gasteiger partial charge is 0.223 e. The fourth-order valence-electron chi connectivity index (χ4n) is 3.80. The van der Waals surface area contributed by atoms with E-state index in [2.05, 4.69) is 15.3 Å². The Bertz CT molecular complexity index is 1300. The van der Waals surface area contributed by atoms with Crippen LogP contribution < -0.4 is 5.32 Å². The molecule has 1 aliphatic carbocycles. The first-order chi connectivity index (χ1) is 15.0. The number of nitrogens with one attached hydrogen (secondary N) is 1. The second-order valence-electron chi connectivity index (χ2n) is 7.25. The second-order valence-corrected chi connectivity index (χ2v) is 8.25. The lowest BCUT2D eigenvalue weighted by atomic mass is 9.95. The predicted molar refractivity (Wildman–Crippen MR) is 115 cm³/mol. The minimum Gasteiger partial charge on any atom is -0.392 e. The van der Waals surface area contributed by atoms with E-state index in [-0.39, 0.29) is 18.2 Å². The van der Waals surface area contributed by atoms with E-state index in [1.165, 1.54) is 24.3 Å². The van der Waals surface area contributed by atoms with Crippen LogP contribution in [0.1, 0.15) is 23.7 Å². The van der Waals surface area contributed by atoms with Crippen molar-refractivity contribution in [3.63, 3.8) is 0 Å². The van der Waals surface area contributed by atoms with Crippen molar-refractivity contribution in [2.75, 3.05) is 5.32 Å². The minimum atomic E-state index is -0.478. The van der Waals surface area contributed by atoms with Crippen LogP contribution >= 0.6 is 11.3 Å². The number of benzene rings is 1. The quantitative estimate of drug-likeness (QED) is 0.509. The predicted octanol–water partition coefficient (Wildman–Crippen LogP) is 3.75. The summed E-state index contributed by atoms with van der Waals surface area (Å²) in [5.41, 5.74) is 4.97. The van der Waals surface area contributed by atoms with Gasteiger partial charge < -0.3 is 10.4 Å². The normalized spacial score (nSPS) is 12.4. The van der Waals surface area contributed by atoms with Crippen molar-refractivity contribution in [2.24, 2.45) is 0 Å². The number of amides is 1. The number of aryl methyl sites for hydroxylation is 1. The van der Waals surface area contributed by atoms with Crippen LogP contribution in [0.15, 0.2) is 42.7 Å². The fourth-order valence-corrected chi connectivity index (χ4v) is 4.92. The number of hydrogen-bond donors (Lipinski definition) is 2. The molecular weight excluding hydrogens is 417 g/mol. The molecular formula is C22H18FN5O2S. The lowest BCUT2D eigenvalue weighted by molar-refractivity contribution is -0.114. The molecule has 1 aromatic carbocycles. The van der Waals surface area contributed by atoms with Crippen molar-refractivity contribution >= 4 is 22.4 Å². The number of halogens is 1. The molecule has 0 bridgehead atoms. The zero-order valence-electron chi connectivity index (χ0n) is 16.6. The number of rotatable bonds is 4. The van der Waals surface area contributed by atoms with Gasteiger partial charge in [0.15, 0.2) is 5.13 Å². The molecule has 0 atom stereocenters. The van der Waals surface area contributed by atoms with Gasteiger partial charge >= 0.3 is 0 Å². The molecule has 1 aliphatic rings. The van der Waals surface area contributed by atoms with Gasteiger partial charge in [0.05, 0.1) is 28.6 Å². The summed E-state index contributed by atoms with van der Waals surface area (Å²) >= 11 is 1.36. The summed E-state index contributed by atoms with van der Waals surface area (Å²) in [5, 5.41) is 17.4. The van der Waals surface area contributed by atoms with E-state index in [1.54, 1.807) is 29.2 Å². The van der Waals surface area contributed by atoms with Crippen LogP contribution in [0.4, 0.5) is 9.52 Å². The maximum atomic E-state index is 15.0. The highest BCUT2D eigenvalue weighted by molar-refractivity contribution is 7.19. The van der Waals surface area contributed by atoms with Crippen molar-refractivity contribution in [1.29, 1.82) is 0 Å². The number of aliphatic hydroxyl groups excluding tert-OH is 1. The third kappa shape index (κ3) is 3.41. The molecule has 0 radical (unpaired) electrons. The van der Waals surface area contributed by atoms with Crippen molar-refractivity contribution in [3.05, 3.63) is 65.4 Å². The van der Waals surface area contributed by atoms with Crippen LogP contribution in [-0.4, -0.2) is 30.8 Å². The SMILES string of the molecule is CC(=O)Nc1nc2c(s1)-c1c(c(-c3cccnc3)nn1-c1ccc(CO)cc1F)CC2. The van der Waals surface area contributed by atoms with Crippen molar-refractivity contribution < 1.29 is 14.3 Å². The van der Waals surface area contributed by atoms with Gasteiger partial charge in [-0.15, -0.1) is 0 Å². The minimum absolute atomic E-state index is 0.193. The van der Waals surface area contributed by atoms with Gasteiger partial charge in [0.25, 0.3) is 0 Å². The molecule has 31 heavy (non-hydrogen) atoms. The standard InChI is InChI=1S/C22H18FN5O2S/c1-12(30)25-22-26-17-6-5-15-19(14-3-2-8-24-10-14)27-28(20(15)21(17)31-22)18-7-4-13(11-29)9-16(18)23/h2-4,7-10,29H,5-6,11H2,1H3,(H,25,26,30). The van der Waals surface area contributed by atoms with Crippen LogP contribution in [-0.2, 0) is 24.2 Å². The Hall–Kier alpha value is -3.43. The number of carbonyl (C=O) groups is 1. The molecule has 4 aromatic rings. The number of thiazole rings is 1. The maximum absolute atomic E-state index is 15.0. The summed E-state index contributed by atoms with van der Waals surface area (Å²) in [7, 11) is 0. The molecule has 3 aromatic heterocycles. The molecule has 0 aliphatic heterocycles. The van der Waals surface area contributed by atoms with Gasteiger partial charge in [-0.25, -0.2) is 14.1 Å². The molecule has 7 nitrogen and oxygen atoms in total. The highest BCUT2D eigenvalue weighted by Gasteiger charge is 2.30. The van der Waals surface area contributed by atoms with E-state index < -0.39 is 5.82 Å². The molecule has 0 spiro atoms. The molecule has 5 rings (SSSR count). The first-order valence-corrected chi connectivity index (χ1v) is 10.6. The zero-order valence-corrected chi connectivity index (χ0v) is 17.4. The molecule has 0 unspecified atom stereocenters. The van der Waals surface area contributed by atoms with Crippen LogP contribution in [0.5, 0.6) is 0 Å². The largest absolute Gasteiger partial charge is 0.392 e. The van der Waals surface area contributed by atoms with Crippen molar-refractivity contribution in [1.82, 2.24) is 19.7 Å². The Balaban J connectivity index is 1.75. The van der Waals surface area contributed by atoms with E-state index in [1.807, 2.05) is 12.1 Å². The summed E-state index contributed by atoms with van der Waals surface area (Å²) in [4.78, 5) is 21.1. The highest BCUT2D eigenvalue weighted by Crippen LogP contribution is 2.44. The average Bonchev–Trinajstić information content (AvgIpc) is 3.34. The second kappa shape index (κ2) is 7.68. The van der Waals surface area contributed by atoms with Crippen LogP contribution in [0.2, 0.25) is 0 Å². The first kappa shape index (κ1) is 19.5. The molecule has 0 saturated heterocycles. The molecule has 9 heteroatoms. The molecule has 0 saturated carbocycles. The molecule has 2 N–H and O–H groups in total. The number of hydrogen-bond acceptors (Lipinski definition) is 6. The van der Waals surface area contributed by atoms with Gasteiger partial charge in [-0.3, -0.25) is 9.78 Å². The Kier molecular flexibility index (Phi) is 4.84. The molecule has 1 amide bonds. The summed E-state index contributed by atoms with van der Waals surface area (Å²) < 4.78 is 16.6. The topological polar surface area (TPSA) is 92.9 Å². The lowest BCUT2D eigenvalue weighted by Gasteiger charge is -2.14. The van der Waals surface area contributed by atoms with Gasteiger partial charge in [0.2, 0.25) is 5.91 Å². The van der Waals surface area contributed by atoms with E-state index >= 15 is 4.39 Å². The summed E-state index contributed by atoms with van der Waals surface area (Å²) in [6, 6.07) is 8.37. The summed E-state index contributed by atoms with van der Waals surface area (Å²) in [6.45, 7) is 1.20. The number of anilines is 1. The summed E-state index contributed by atoms with van der Waals surface area (Å²) in [6.07, 6.45) is 4.82. The fraction of sp³-hybridized carbons (Fsp3) is 0.182. The Morgan fingerprint density at radius 3 is 2.90 bits per heavy atom. The first-order valence-electron chi connectivity index (χ1n) is 9.74. The van der Waals surface area contributed by atoms with E-state index in [4.69, 9.17) is 5.10 Å². The Morgan fingerprint density at radius 1 is 1.32 bits per heavy atom. The monoisotopic (exact) mass is 435 g/mol. The van der Waals surface area contributed by atoms with Crippen LogP contribution in [0.3, 0.4) is 0 Å². The average molecular weight is 435 g/mol. The van der Waals surface area contributed by atoms with Crippen molar-refractivity contribution in [2.45, 2.75) is 26.4 Å². The molecule has 156 valence electrons. The number of carbonyl (C=O) groups excluding carboxylic acids is 1. The van der Waals surface area contributed by atoms with E-state index in [9.17, 15) is 9.90 Å². The Morgan fingerprint density at radius 2 is 2.19 bits per heavy atom. The molecule has 3 heterocycles. The van der Waals surface area contributed by atoms with Gasteiger partial charge in [0, 0.05) is 30.4 Å². The van der Waals surface area contributed by atoms with Gasteiger partial charge in [0.1, 0.15) is 11.5 Å². The zero-order chi connectivity index (χ0) is 21.5. The van der Waals surface area contributed by atoms with Gasteiger partial charge in [-0.1, -0.05) is 17.4 Å². The van der Waals surface area contributed by atoms with Crippen LogP contribution in [0, 0.1) is 5.82 Å². The van der Waals surface area contributed by atoms with E-state index in [0.29, 0.717) is 23.5 Å². The number of aromatic nitrogens is 4. The van der Waals surface area contributed by atoms with Crippen LogP contribution in [0.25, 0.3) is 27.5 Å². The maximum Gasteiger partial charge on any atom is 0.223 e. The third-order valence-corrected chi connectivity index (χ3v) is 6.17. The number of nitrogens with zero attached hydrogens (tertiary/aromatic N) is 4.